The molecular weight excluding hydrogens is 186 g/mol. The second-order valence-electron chi connectivity index (χ2n) is 3.43. The van der Waals surface area contributed by atoms with E-state index in [4.69, 9.17) is 0 Å². The number of nitrogens with one attached hydrogen (secondary N) is 1. The first-order valence-corrected chi connectivity index (χ1v) is 5.16. The van der Waals surface area contributed by atoms with Gasteiger partial charge in [0.2, 0.25) is 0 Å². The molecule has 0 saturated heterocycles. The Morgan fingerprint density at radius 2 is 2.20 bits per heavy atom. The third-order valence-electron chi connectivity index (χ3n) is 2.24. The van der Waals surface area contributed by atoms with Gasteiger partial charge >= 0.3 is 0 Å². The number of hydrogen-bond donors (Lipinski definition) is 1. The van der Waals surface area contributed by atoms with Crippen molar-refractivity contribution in [1.29, 1.82) is 0 Å². The van der Waals surface area contributed by atoms with E-state index in [1.807, 2.05) is 42.9 Å². The van der Waals surface area contributed by atoms with Crippen molar-refractivity contribution in [2.24, 2.45) is 4.99 Å². The lowest BCUT2D eigenvalue weighted by molar-refractivity contribution is 0.518. The van der Waals surface area contributed by atoms with Gasteiger partial charge in [0.1, 0.15) is 0 Å². The molecule has 1 aromatic rings. The molecule has 1 aromatic carbocycles. The molecule has 3 nitrogen and oxygen atoms in total. The zero-order valence-electron chi connectivity index (χ0n) is 8.63. The summed E-state index contributed by atoms with van der Waals surface area (Å²) in [5.41, 5.74) is 1.11. The van der Waals surface area contributed by atoms with Crippen LogP contribution < -0.4 is 5.32 Å². The molecule has 3 heteroatoms. The van der Waals surface area contributed by atoms with Crippen LogP contribution in [0.5, 0.6) is 0 Å². The Balaban J connectivity index is 1.73. The topological polar surface area (TPSA) is 27.6 Å². The Bertz CT molecular complexity index is 343. The van der Waals surface area contributed by atoms with Crippen molar-refractivity contribution in [3.63, 3.8) is 0 Å². The average Bonchev–Trinajstić information content (AvgIpc) is 2.79. The Kier molecular flexibility index (Phi) is 3.38. The van der Waals surface area contributed by atoms with Crippen LogP contribution in [0.4, 0.5) is 5.69 Å². The van der Waals surface area contributed by atoms with Crippen molar-refractivity contribution in [3.8, 4) is 0 Å². The molecule has 15 heavy (non-hydrogen) atoms. The summed E-state index contributed by atoms with van der Waals surface area (Å²) in [6, 6.07) is 10.1. The lowest BCUT2D eigenvalue weighted by Gasteiger charge is -2.09. The Hall–Kier alpha value is -1.77. The van der Waals surface area contributed by atoms with Crippen LogP contribution in [0.25, 0.3) is 0 Å². The number of hydrogen-bond acceptors (Lipinski definition) is 3. The summed E-state index contributed by atoms with van der Waals surface area (Å²) in [6.45, 7) is 2.89. The summed E-state index contributed by atoms with van der Waals surface area (Å²) in [5, 5.41) is 3.22. The molecule has 0 unspecified atom stereocenters. The average molecular weight is 201 g/mol. The number of rotatable bonds is 4. The number of anilines is 1. The third-order valence-corrected chi connectivity index (χ3v) is 2.24. The molecule has 0 radical (unpaired) electrons. The van der Waals surface area contributed by atoms with E-state index in [2.05, 4.69) is 21.3 Å². The van der Waals surface area contributed by atoms with E-state index in [1.165, 1.54) is 0 Å². The van der Waals surface area contributed by atoms with Crippen molar-refractivity contribution >= 4 is 12.0 Å². The summed E-state index contributed by atoms with van der Waals surface area (Å²) in [5.74, 6) is 0. The predicted molar refractivity (Wildman–Crippen MR) is 64.1 cm³/mol. The molecule has 0 atom stereocenters. The van der Waals surface area contributed by atoms with Crippen LogP contribution in [0.1, 0.15) is 0 Å². The van der Waals surface area contributed by atoms with Crippen LogP contribution in [0.2, 0.25) is 0 Å². The standard InChI is InChI=1S/C12H15N3/c1-2-5-12(6-3-1)14-7-4-9-15-10-8-13-11-15/h1-7,11,14H,8-10H2. The maximum atomic E-state index is 4.15. The van der Waals surface area contributed by atoms with Gasteiger partial charge in [-0.15, -0.1) is 0 Å². The van der Waals surface area contributed by atoms with Gasteiger partial charge in [-0.25, -0.2) is 0 Å². The fraction of sp³-hybridized carbons (Fsp3) is 0.250. The molecule has 0 aliphatic carbocycles. The van der Waals surface area contributed by atoms with Crippen LogP contribution in [0.3, 0.4) is 0 Å². The maximum Gasteiger partial charge on any atom is 0.0854 e. The zero-order chi connectivity index (χ0) is 10.3. The first-order valence-electron chi connectivity index (χ1n) is 5.16. The van der Waals surface area contributed by atoms with Crippen molar-refractivity contribution in [1.82, 2.24) is 4.90 Å². The molecule has 1 aliphatic heterocycles. The minimum atomic E-state index is 0.920. The van der Waals surface area contributed by atoms with Gasteiger partial charge in [0.15, 0.2) is 0 Å². The normalized spacial score (nSPS) is 15.1. The van der Waals surface area contributed by atoms with Crippen LogP contribution in [-0.2, 0) is 0 Å². The minimum Gasteiger partial charge on any atom is -0.362 e. The Morgan fingerprint density at radius 1 is 1.33 bits per heavy atom. The molecule has 0 fully saturated rings. The van der Waals surface area contributed by atoms with Gasteiger partial charge in [0.05, 0.1) is 12.9 Å². The highest BCUT2D eigenvalue weighted by molar-refractivity contribution is 5.57. The molecule has 0 spiro atoms. The van der Waals surface area contributed by atoms with E-state index in [1.54, 1.807) is 0 Å². The van der Waals surface area contributed by atoms with E-state index in [0.29, 0.717) is 0 Å². The maximum absolute atomic E-state index is 4.15. The molecule has 0 amide bonds. The van der Waals surface area contributed by atoms with Gasteiger partial charge in [-0.05, 0) is 24.4 Å². The van der Waals surface area contributed by atoms with E-state index in [-0.39, 0.29) is 0 Å². The highest BCUT2D eigenvalue weighted by Crippen LogP contribution is 2.04. The minimum absolute atomic E-state index is 0.920. The summed E-state index contributed by atoms with van der Waals surface area (Å²) in [4.78, 5) is 6.33. The van der Waals surface area contributed by atoms with Crippen LogP contribution >= 0.6 is 0 Å². The SMILES string of the molecule is C(=CNc1ccccc1)CN1C=NCC1. The van der Waals surface area contributed by atoms with E-state index >= 15 is 0 Å². The van der Waals surface area contributed by atoms with Gasteiger partial charge in [-0.1, -0.05) is 18.2 Å². The molecule has 2 rings (SSSR count). The number of benzene rings is 1. The highest BCUT2D eigenvalue weighted by Gasteiger charge is 2.00. The Labute approximate surface area is 90.1 Å². The van der Waals surface area contributed by atoms with Crippen LogP contribution in [-0.4, -0.2) is 30.9 Å². The highest BCUT2D eigenvalue weighted by atomic mass is 15.2. The van der Waals surface area contributed by atoms with Gasteiger partial charge in [0, 0.05) is 18.8 Å². The summed E-state index contributed by atoms with van der Waals surface area (Å²) in [7, 11) is 0. The summed E-state index contributed by atoms with van der Waals surface area (Å²) >= 11 is 0. The predicted octanol–water partition coefficient (Wildman–Crippen LogP) is 1.96. The van der Waals surface area contributed by atoms with Gasteiger partial charge in [-0.2, -0.15) is 0 Å². The van der Waals surface area contributed by atoms with Crippen molar-refractivity contribution in [2.75, 3.05) is 25.0 Å². The van der Waals surface area contributed by atoms with Crippen molar-refractivity contribution in [2.45, 2.75) is 0 Å². The fourth-order valence-electron chi connectivity index (χ4n) is 1.43. The lowest BCUT2D eigenvalue weighted by atomic mass is 10.3. The summed E-state index contributed by atoms with van der Waals surface area (Å²) < 4.78 is 0. The zero-order valence-corrected chi connectivity index (χ0v) is 8.63. The molecular formula is C12H15N3. The van der Waals surface area contributed by atoms with E-state index in [0.717, 1.165) is 25.3 Å². The van der Waals surface area contributed by atoms with E-state index in [9.17, 15) is 0 Å². The second-order valence-corrected chi connectivity index (χ2v) is 3.43. The molecule has 1 heterocycles. The Morgan fingerprint density at radius 3 is 2.93 bits per heavy atom. The lowest BCUT2D eigenvalue weighted by Crippen LogP contribution is -2.19. The van der Waals surface area contributed by atoms with Crippen LogP contribution in [0.15, 0.2) is 47.6 Å². The largest absolute Gasteiger partial charge is 0.362 e. The fourth-order valence-corrected chi connectivity index (χ4v) is 1.43. The number of para-hydroxylation sites is 1. The molecule has 0 bridgehead atoms. The smallest absolute Gasteiger partial charge is 0.0854 e. The van der Waals surface area contributed by atoms with Gasteiger partial charge in [0.25, 0.3) is 0 Å². The molecule has 1 aliphatic rings. The monoisotopic (exact) mass is 201 g/mol. The molecule has 0 saturated carbocycles. The number of aliphatic imine (C=N–C) groups is 1. The van der Waals surface area contributed by atoms with E-state index < -0.39 is 0 Å². The van der Waals surface area contributed by atoms with Crippen molar-refractivity contribution in [3.05, 3.63) is 42.6 Å². The van der Waals surface area contributed by atoms with Gasteiger partial charge < -0.3 is 10.2 Å². The first-order chi connectivity index (χ1) is 7.45. The van der Waals surface area contributed by atoms with Crippen molar-refractivity contribution < 1.29 is 0 Å². The van der Waals surface area contributed by atoms with Gasteiger partial charge in [-0.3, -0.25) is 4.99 Å². The number of nitrogens with zero attached hydrogens (tertiary/aromatic N) is 2. The quantitative estimate of drug-likeness (QED) is 0.806. The molecule has 1 N–H and O–H groups in total. The summed E-state index contributed by atoms with van der Waals surface area (Å²) in [6.07, 6.45) is 5.98. The molecule has 0 aromatic heterocycles. The third kappa shape index (κ3) is 3.13. The van der Waals surface area contributed by atoms with Crippen LogP contribution in [0, 0.1) is 0 Å². The second kappa shape index (κ2) is 5.20. The first kappa shape index (κ1) is 9.77. The molecule has 78 valence electrons.